The van der Waals surface area contributed by atoms with Crippen LogP contribution in [0.1, 0.15) is 81.5 Å². The molecule has 0 aliphatic rings. The van der Waals surface area contributed by atoms with Gasteiger partial charge in [0.15, 0.2) is 0 Å². The van der Waals surface area contributed by atoms with Gasteiger partial charge in [-0.3, -0.25) is 9.98 Å². The molecule has 0 aliphatic heterocycles. The van der Waals surface area contributed by atoms with Gasteiger partial charge in [-0.05, 0) is 61.4 Å². The molecule has 0 bridgehead atoms. The molecule has 1 aromatic heterocycles. The Morgan fingerprint density at radius 1 is 0.767 bits per heavy atom. The van der Waals surface area contributed by atoms with Gasteiger partial charge in [0, 0.05) is 5.71 Å². The van der Waals surface area contributed by atoms with E-state index in [1.807, 2.05) is 32.9 Å². The fourth-order valence-electron chi connectivity index (χ4n) is 3.67. The van der Waals surface area contributed by atoms with Gasteiger partial charge in [0.2, 0.25) is 0 Å². The SMILES string of the molecule is CC(=Nc1ccccc1C(C)C)c1n[n-]c(C(C)=Nc2ccccc2C(C)C)c1C. The van der Waals surface area contributed by atoms with Crippen LogP contribution in [0.2, 0.25) is 0 Å². The summed E-state index contributed by atoms with van der Waals surface area (Å²) in [6.07, 6.45) is 0. The molecule has 4 heteroatoms. The van der Waals surface area contributed by atoms with E-state index < -0.39 is 0 Å². The van der Waals surface area contributed by atoms with Gasteiger partial charge in [-0.15, -0.1) is 0 Å². The summed E-state index contributed by atoms with van der Waals surface area (Å²) in [6, 6.07) is 16.5. The highest BCUT2D eigenvalue weighted by Gasteiger charge is 2.11. The van der Waals surface area contributed by atoms with Crippen molar-refractivity contribution in [2.24, 2.45) is 9.98 Å². The van der Waals surface area contributed by atoms with Crippen LogP contribution in [0.15, 0.2) is 58.5 Å². The molecule has 2 aromatic carbocycles. The first-order chi connectivity index (χ1) is 14.3. The molecule has 0 spiro atoms. The maximum Gasteiger partial charge on any atom is 0.0668 e. The number of rotatable bonds is 6. The molecule has 0 radical (unpaired) electrons. The molecule has 4 nitrogen and oxygen atoms in total. The molecule has 0 saturated heterocycles. The summed E-state index contributed by atoms with van der Waals surface area (Å²) < 4.78 is 0. The molecule has 3 aromatic rings. The van der Waals surface area contributed by atoms with Gasteiger partial charge in [0.05, 0.1) is 22.8 Å². The molecule has 0 aliphatic carbocycles. The van der Waals surface area contributed by atoms with Crippen molar-refractivity contribution >= 4 is 22.8 Å². The number of aromatic nitrogens is 2. The number of nitrogens with zero attached hydrogens (tertiary/aromatic N) is 4. The van der Waals surface area contributed by atoms with Crippen LogP contribution >= 0.6 is 0 Å². The largest absolute Gasteiger partial charge is 0.573 e. The average Bonchev–Trinajstić information content (AvgIpc) is 3.10. The normalized spacial score (nSPS) is 12.8. The molecule has 0 saturated carbocycles. The van der Waals surface area contributed by atoms with Gasteiger partial charge < -0.3 is 10.2 Å². The van der Waals surface area contributed by atoms with E-state index in [9.17, 15) is 0 Å². The summed E-state index contributed by atoms with van der Waals surface area (Å²) in [7, 11) is 0. The number of para-hydroxylation sites is 2. The van der Waals surface area contributed by atoms with Gasteiger partial charge >= 0.3 is 0 Å². The van der Waals surface area contributed by atoms with Crippen molar-refractivity contribution in [3.05, 3.63) is 76.6 Å². The lowest BCUT2D eigenvalue weighted by molar-refractivity contribution is 0.866. The van der Waals surface area contributed by atoms with Crippen molar-refractivity contribution in [3.63, 3.8) is 0 Å². The molecule has 0 unspecified atom stereocenters. The third-order valence-electron chi connectivity index (χ3n) is 5.34. The van der Waals surface area contributed by atoms with Crippen LogP contribution in [0, 0.1) is 6.92 Å². The van der Waals surface area contributed by atoms with Crippen LogP contribution in [0.3, 0.4) is 0 Å². The quantitative estimate of drug-likeness (QED) is 0.424. The van der Waals surface area contributed by atoms with Crippen molar-refractivity contribution in [3.8, 4) is 0 Å². The van der Waals surface area contributed by atoms with Gasteiger partial charge in [-0.1, -0.05) is 69.8 Å². The van der Waals surface area contributed by atoms with Crippen LogP contribution in [-0.4, -0.2) is 16.5 Å². The molecule has 0 amide bonds. The summed E-state index contributed by atoms with van der Waals surface area (Å²) in [5, 5.41) is 8.89. The number of aliphatic imine (C=N–C) groups is 2. The fourth-order valence-corrected chi connectivity index (χ4v) is 3.67. The molecule has 1 heterocycles. The lowest BCUT2D eigenvalue weighted by Gasteiger charge is -2.12. The topological polar surface area (TPSA) is 51.7 Å². The Bertz CT molecular complexity index is 999. The van der Waals surface area contributed by atoms with Crippen molar-refractivity contribution in [1.29, 1.82) is 0 Å². The standard InChI is InChI=1S/C26H31N4/c1-16(2)21-12-8-10-14-23(21)27-19(6)25-18(5)26(30-29-25)20(7)28-24-15-11-9-13-22(24)17(3)4/h8-17H,1-7H3/q-1. The molecule has 156 valence electrons. The highest BCUT2D eigenvalue weighted by Crippen LogP contribution is 2.29. The highest BCUT2D eigenvalue weighted by molar-refractivity contribution is 6.05. The van der Waals surface area contributed by atoms with Gasteiger partial charge in [-0.2, -0.15) is 0 Å². The van der Waals surface area contributed by atoms with E-state index in [1.54, 1.807) is 0 Å². The number of benzene rings is 2. The Labute approximate surface area is 180 Å². The van der Waals surface area contributed by atoms with E-state index >= 15 is 0 Å². The maximum atomic E-state index is 4.88. The van der Waals surface area contributed by atoms with Crippen molar-refractivity contribution in [1.82, 2.24) is 10.2 Å². The molecule has 0 atom stereocenters. The number of hydrogen-bond donors (Lipinski definition) is 0. The zero-order valence-electron chi connectivity index (χ0n) is 19.1. The summed E-state index contributed by atoms with van der Waals surface area (Å²) in [6.45, 7) is 14.8. The van der Waals surface area contributed by atoms with Crippen molar-refractivity contribution in [2.45, 2.75) is 60.3 Å². The van der Waals surface area contributed by atoms with Crippen molar-refractivity contribution < 1.29 is 0 Å². The second-order valence-corrected chi connectivity index (χ2v) is 8.34. The van der Waals surface area contributed by atoms with E-state index in [0.29, 0.717) is 11.8 Å². The van der Waals surface area contributed by atoms with E-state index in [0.717, 1.165) is 39.7 Å². The first kappa shape index (κ1) is 21.7. The molecule has 0 N–H and O–H groups in total. The van der Waals surface area contributed by atoms with Crippen molar-refractivity contribution in [2.75, 3.05) is 0 Å². The lowest BCUT2D eigenvalue weighted by Crippen LogP contribution is -2.01. The second-order valence-electron chi connectivity index (χ2n) is 8.34. The number of hydrogen-bond acceptors (Lipinski definition) is 3. The molecular formula is C26H31N4-. The Hall–Kier alpha value is -3.01. The molecular weight excluding hydrogens is 368 g/mol. The predicted octanol–water partition coefficient (Wildman–Crippen LogP) is 6.88. The molecule has 30 heavy (non-hydrogen) atoms. The van der Waals surface area contributed by atoms with E-state index in [4.69, 9.17) is 9.98 Å². The van der Waals surface area contributed by atoms with Crippen LogP contribution in [0.5, 0.6) is 0 Å². The van der Waals surface area contributed by atoms with Gasteiger partial charge in [0.1, 0.15) is 0 Å². The van der Waals surface area contributed by atoms with E-state index in [2.05, 4.69) is 74.3 Å². The monoisotopic (exact) mass is 399 g/mol. The van der Waals surface area contributed by atoms with Crippen LogP contribution in [0.4, 0.5) is 11.4 Å². The smallest absolute Gasteiger partial charge is 0.0668 e. The minimum absolute atomic E-state index is 0.413. The average molecular weight is 400 g/mol. The van der Waals surface area contributed by atoms with Crippen LogP contribution in [-0.2, 0) is 0 Å². The first-order valence-corrected chi connectivity index (χ1v) is 10.6. The van der Waals surface area contributed by atoms with Crippen LogP contribution < -0.4 is 5.10 Å². The minimum atomic E-state index is 0.413. The summed E-state index contributed by atoms with van der Waals surface area (Å²) in [4.78, 5) is 9.76. The lowest BCUT2D eigenvalue weighted by atomic mass is 10.0. The van der Waals surface area contributed by atoms with E-state index in [1.165, 1.54) is 11.1 Å². The zero-order chi connectivity index (χ0) is 21.8. The Balaban J connectivity index is 1.97. The Kier molecular flexibility index (Phi) is 6.66. The third-order valence-corrected chi connectivity index (χ3v) is 5.34. The van der Waals surface area contributed by atoms with Gasteiger partial charge in [0.25, 0.3) is 0 Å². The van der Waals surface area contributed by atoms with E-state index in [-0.39, 0.29) is 0 Å². The predicted molar refractivity (Wildman–Crippen MR) is 127 cm³/mol. The Morgan fingerprint density at radius 3 is 1.73 bits per heavy atom. The van der Waals surface area contributed by atoms with Gasteiger partial charge in [-0.25, -0.2) is 0 Å². The van der Waals surface area contributed by atoms with Crippen LogP contribution in [0.25, 0.3) is 0 Å². The first-order valence-electron chi connectivity index (χ1n) is 10.6. The zero-order valence-corrected chi connectivity index (χ0v) is 19.1. The molecule has 0 fully saturated rings. The Morgan fingerprint density at radius 2 is 1.23 bits per heavy atom. The maximum absolute atomic E-state index is 4.88. The fraction of sp³-hybridized carbons (Fsp3) is 0.346. The summed E-state index contributed by atoms with van der Waals surface area (Å²) in [5.74, 6) is 0.825. The minimum Gasteiger partial charge on any atom is -0.573 e. The third kappa shape index (κ3) is 4.59. The molecule has 3 rings (SSSR count). The summed E-state index contributed by atoms with van der Waals surface area (Å²) >= 11 is 0. The summed E-state index contributed by atoms with van der Waals surface area (Å²) in [5.41, 5.74) is 8.86. The second kappa shape index (κ2) is 9.21. The highest BCUT2D eigenvalue weighted by atomic mass is 15.1.